The number of ether oxygens (including phenoxy) is 1. The van der Waals surface area contributed by atoms with Crippen LogP contribution in [0, 0.1) is 0 Å². The highest BCUT2D eigenvalue weighted by Crippen LogP contribution is 2.22. The van der Waals surface area contributed by atoms with E-state index in [0.29, 0.717) is 21.4 Å². The second-order valence-electron chi connectivity index (χ2n) is 4.89. The Kier molecular flexibility index (Phi) is 6.07. The standard InChI is InChI=1S/C16H15Cl2NO4/c1-10(14-3-2-6-22-14)19-15(20)9-23-16(21)8-11-4-5-12(17)13(18)7-11/h2-7,10H,8-9H2,1H3,(H,19,20)/t10-/m1/s1. The van der Waals surface area contributed by atoms with Gasteiger partial charge >= 0.3 is 5.97 Å². The van der Waals surface area contributed by atoms with E-state index in [-0.39, 0.29) is 19.1 Å². The zero-order chi connectivity index (χ0) is 16.8. The number of nitrogens with one attached hydrogen (secondary N) is 1. The molecule has 0 saturated heterocycles. The smallest absolute Gasteiger partial charge is 0.310 e. The normalized spacial score (nSPS) is 11.8. The highest BCUT2D eigenvalue weighted by Gasteiger charge is 2.14. The van der Waals surface area contributed by atoms with E-state index in [2.05, 4.69) is 5.32 Å². The fraction of sp³-hybridized carbons (Fsp3) is 0.250. The van der Waals surface area contributed by atoms with Gasteiger partial charge in [0.05, 0.1) is 28.8 Å². The Morgan fingerprint density at radius 3 is 2.70 bits per heavy atom. The highest BCUT2D eigenvalue weighted by molar-refractivity contribution is 6.42. The van der Waals surface area contributed by atoms with Crippen molar-refractivity contribution in [3.8, 4) is 0 Å². The molecule has 0 aliphatic heterocycles. The van der Waals surface area contributed by atoms with Gasteiger partial charge in [-0.25, -0.2) is 0 Å². The van der Waals surface area contributed by atoms with E-state index in [9.17, 15) is 9.59 Å². The molecule has 1 N–H and O–H groups in total. The van der Waals surface area contributed by atoms with Gasteiger partial charge in [-0.3, -0.25) is 9.59 Å². The molecule has 1 amide bonds. The van der Waals surface area contributed by atoms with Crippen LogP contribution in [-0.2, 0) is 20.7 Å². The Morgan fingerprint density at radius 1 is 1.26 bits per heavy atom. The molecule has 122 valence electrons. The predicted molar refractivity (Wildman–Crippen MR) is 86.4 cm³/mol. The molecular formula is C16H15Cl2NO4. The van der Waals surface area contributed by atoms with Crippen molar-refractivity contribution in [1.82, 2.24) is 5.32 Å². The maximum absolute atomic E-state index is 11.7. The van der Waals surface area contributed by atoms with Gasteiger partial charge in [-0.2, -0.15) is 0 Å². The number of amides is 1. The molecule has 0 saturated carbocycles. The number of carbonyl (C=O) groups is 2. The third-order valence-electron chi connectivity index (χ3n) is 3.04. The molecule has 0 unspecified atom stereocenters. The zero-order valence-corrected chi connectivity index (χ0v) is 13.9. The molecule has 7 heteroatoms. The van der Waals surface area contributed by atoms with Gasteiger partial charge < -0.3 is 14.5 Å². The Morgan fingerprint density at radius 2 is 2.04 bits per heavy atom. The molecule has 0 aliphatic carbocycles. The quantitative estimate of drug-likeness (QED) is 0.804. The molecular weight excluding hydrogens is 341 g/mol. The van der Waals surface area contributed by atoms with Crippen LogP contribution in [0.4, 0.5) is 0 Å². The molecule has 23 heavy (non-hydrogen) atoms. The highest BCUT2D eigenvalue weighted by atomic mass is 35.5. The van der Waals surface area contributed by atoms with E-state index in [0.717, 1.165) is 0 Å². The monoisotopic (exact) mass is 355 g/mol. The van der Waals surface area contributed by atoms with Gasteiger partial charge in [0, 0.05) is 0 Å². The molecule has 1 heterocycles. The number of furan rings is 1. The van der Waals surface area contributed by atoms with Gasteiger partial charge in [0.15, 0.2) is 6.61 Å². The first-order valence-electron chi connectivity index (χ1n) is 6.88. The topological polar surface area (TPSA) is 68.5 Å². The molecule has 0 radical (unpaired) electrons. The molecule has 0 bridgehead atoms. The Labute approximate surface area is 143 Å². The number of rotatable bonds is 6. The summed E-state index contributed by atoms with van der Waals surface area (Å²) in [5.41, 5.74) is 0.661. The van der Waals surface area contributed by atoms with Gasteiger partial charge in [-0.1, -0.05) is 29.3 Å². The number of benzene rings is 1. The van der Waals surface area contributed by atoms with E-state index in [4.69, 9.17) is 32.4 Å². The van der Waals surface area contributed by atoms with Crippen molar-refractivity contribution >= 4 is 35.1 Å². The Balaban J connectivity index is 1.77. The Bertz CT molecular complexity index is 685. The maximum Gasteiger partial charge on any atom is 0.310 e. The second-order valence-corrected chi connectivity index (χ2v) is 5.70. The first-order chi connectivity index (χ1) is 11.0. The molecule has 2 aromatic rings. The lowest BCUT2D eigenvalue weighted by molar-refractivity contribution is -0.148. The van der Waals surface area contributed by atoms with E-state index < -0.39 is 11.9 Å². The number of hydrogen-bond donors (Lipinski definition) is 1. The summed E-state index contributed by atoms with van der Waals surface area (Å²) in [5.74, 6) is -0.305. The van der Waals surface area contributed by atoms with Crippen LogP contribution in [0.2, 0.25) is 10.0 Å². The lowest BCUT2D eigenvalue weighted by atomic mass is 10.1. The first kappa shape index (κ1) is 17.4. The number of hydrogen-bond acceptors (Lipinski definition) is 4. The van der Waals surface area contributed by atoms with Crippen LogP contribution in [-0.4, -0.2) is 18.5 Å². The first-order valence-corrected chi connectivity index (χ1v) is 7.63. The summed E-state index contributed by atoms with van der Waals surface area (Å²) in [6.45, 7) is 1.42. The van der Waals surface area contributed by atoms with E-state index in [1.165, 1.54) is 6.26 Å². The third kappa shape index (κ3) is 5.30. The molecule has 1 aromatic carbocycles. The molecule has 1 aromatic heterocycles. The largest absolute Gasteiger partial charge is 0.467 e. The van der Waals surface area contributed by atoms with Gasteiger partial charge in [0.1, 0.15) is 5.76 Å². The summed E-state index contributed by atoms with van der Waals surface area (Å²) >= 11 is 11.7. The van der Waals surface area contributed by atoms with Crippen LogP contribution < -0.4 is 5.32 Å². The second kappa shape index (κ2) is 8.04. The minimum absolute atomic E-state index is 0.0118. The molecule has 0 fully saturated rings. The van der Waals surface area contributed by atoms with Crippen LogP contribution in [0.5, 0.6) is 0 Å². The van der Waals surface area contributed by atoms with Gasteiger partial charge in [-0.05, 0) is 36.8 Å². The van der Waals surface area contributed by atoms with Crippen LogP contribution in [0.3, 0.4) is 0 Å². The zero-order valence-electron chi connectivity index (χ0n) is 12.3. The van der Waals surface area contributed by atoms with Gasteiger partial charge in [0.2, 0.25) is 0 Å². The van der Waals surface area contributed by atoms with Crippen molar-refractivity contribution in [3.63, 3.8) is 0 Å². The van der Waals surface area contributed by atoms with Crippen LogP contribution in [0.1, 0.15) is 24.3 Å². The van der Waals surface area contributed by atoms with Crippen molar-refractivity contribution in [2.75, 3.05) is 6.61 Å². The SMILES string of the molecule is C[C@@H](NC(=O)COC(=O)Cc1ccc(Cl)c(Cl)c1)c1ccco1. The van der Waals surface area contributed by atoms with E-state index >= 15 is 0 Å². The predicted octanol–water partition coefficient (Wildman–Crippen LogP) is 3.55. The third-order valence-corrected chi connectivity index (χ3v) is 3.78. The molecule has 0 spiro atoms. The average Bonchev–Trinajstić information content (AvgIpc) is 3.03. The van der Waals surface area contributed by atoms with Crippen LogP contribution in [0.15, 0.2) is 41.0 Å². The van der Waals surface area contributed by atoms with E-state index in [1.54, 1.807) is 37.3 Å². The van der Waals surface area contributed by atoms with Crippen molar-refractivity contribution in [3.05, 3.63) is 58.0 Å². The minimum Gasteiger partial charge on any atom is -0.467 e. The van der Waals surface area contributed by atoms with Gasteiger partial charge in [-0.15, -0.1) is 0 Å². The summed E-state index contributed by atoms with van der Waals surface area (Å²) < 4.78 is 10.1. The summed E-state index contributed by atoms with van der Waals surface area (Å²) in [4.78, 5) is 23.5. The molecule has 0 aliphatic rings. The summed E-state index contributed by atoms with van der Waals surface area (Å²) in [7, 11) is 0. The summed E-state index contributed by atoms with van der Waals surface area (Å²) in [6.07, 6.45) is 1.53. The van der Waals surface area contributed by atoms with Gasteiger partial charge in [0.25, 0.3) is 5.91 Å². The minimum atomic E-state index is -0.524. The molecule has 5 nitrogen and oxygen atoms in total. The fourth-order valence-corrected chi connectivity index (χ4v) is 2.23. The van der Waals surface area contributed by atoms with Crippen molar-refractivity contribution in [2.45, 2.75) is 19.4 Å². The molecule has 1 atom stereocenters. The fourth-order valence-electron chi connectivity index (χ4n) is 1.91. The maximum atomic E-state index is 11.7. The van der Waals surface area contributed by atoms with Crippen molar-refractivity contribution < 1.29 is 18.7 Å². The number of halogens is 2. The molecule has 2 rings (SSSR count). The lowest BCUT2D eigenvalue weighted by Crippen LogP contribution is -2.31. The Hall–Kier alpha value is -1.98. The summed E-state index contributed by atoms with van der Waals surface area (Å²) in [6, 6.07) is 8.05. The number of esters is 1. The average molecular weight is 356 g/mol. The lowest BCUT2D eigenvalue weighted by Gasteiger charge is -2.11. The van der Waals surface area contributed by atoms with Crippen LogP contribution in [0.25, 0.3) is 0 Å². The number of carbonyl (C=O) groups excluding carboxylic acids is 2. The van der Waals surface area contributed by atoms with Crippen LogP contribution >= 0.6 is 23.2 Å². The van der Waals surface area contributed by atoms with E-state index in [1.807, 2.05) is 0 Å². The summed E-state index contributed by atoms with van der Waals surface area (Å²) in [5, 5.41) is 3.44. The van der Waals surface area contributed by atoms with Crippen molar-refractivity contribution in [2.24, 2.45) is 0 Å². The van der Waals surface area contributed by atoms with Crippen molar-refractivity contribution in [1.29, 1.82) is 0 Å².